The van der Waals surface area contributed by atoms with Gasteiger partial charge in [0.2, 0.25) is 0 Å². The van der Waals surface area contributed by atoms with Crippen LogP contribution in [0.25, 0.3) is 0 Å². The second-order valence-corrected chi connectivity index (χ2v) is 8.45. The van der Waals surface area contributed by atoms with E-state index in [1.54, 1.807) is 5.01 Å². The topological polar surface area (TPSA) is 73.0 Å². The minimum atomic E-state index is -1.35. The number of rotatable bonds is 7. The lowest BCUT2D eigenvalue weighted by molar-refractivity contribution is -0.133. The summed E-state index contributed by atoms with van der Waals surface area (Å²) in [7, 11) is 0. The van der Waals surface area contributed by atoms with Gasteiger partial charge in [0.1, 0.15) is 5.60 Å². The summed E-state index contributed by atoms with van der Waals surface area (Å²) in [4.78, 5) is 14.7. The number of hydrogen-bond acceptors (Lipinski definition) is 4. The van der Waals surface area contributed by atoms with Crippen LogP contribution in [0, 0.1) is 0 Å². The zero-order valence-electron chi connectivity index (χ0n) is 19.0. The molecular formula is C27H32N4O2. The summed E-state index contributed by atoms with van der Waals surface area (Å²) in [5.74, 6) is 0. The summed E-state index contributed by atoms with van der Waals surface area (Å²) in [5, 5.41) is 16.0. The van der Waals surface area contributed by atoms with Crippen molar-refractivity contribution in [2.75, 3.05) is 26.2 Å². The lowest BCUT2D eigenvalue weighted by Crippen LogP contribution is -2.67. The van der Waals surface area contributed by atoms with Gasteiger partial charge >= 0.3 is 6.03 Å². The summed E-state index contributed by atoms with van der Waals surface area (Å²) >= 11 is 0. The fraction of sp³-hybridized carbons (Fsp3) is 0.296. The number of piperazine rings is 1. The minimum Gasteiger partial charge on any atom is -0.379 e. The third-order valence-electron chi connectivity index (χ3n) is 6.46. The van der Waals surface area contributed by atoms with E-state index < -0.39 is 17.7 Å². The molecule has 6 heteroatoms. The number of hydrazine groups is 1. The van der Waals surface area contributed by atoms with Crippen molar-refractivity contribution in [3.8, 4) is 0 Å². The maximum absolute atomic E-state index is 12.5. The highest BCUT2D eigenvalue weighted by atomic mass is 16.3. The fourth-order valence-electron chi connectivity index (χ4n) is 4.85. The van der Waals surface area contributed by atoms with Gasteiger partial charge in [0, 0.05) is 32.7 Å². The lowest BCUT2D eigenvalue weighted by atomic mass is 9.78. The van der Waals surface area contributed by atoms with Gasteiger partial charge in [0.05, 0.1) is 6.04 Å². The van der Waals surface area contributed by atoms with Crippen LogP contribution in [0.5, 0.6) is 0 Å². The highest BCUT2D eigenvalue weighted by Crippen LogP contribution is 2.38. The Kier molecular flexibility index (Phi) is 7.08. The second kappa shape index (κ2) is 10.2. The van der Waals surface area contributed by atoms with Crippen molar-refractivity contribution in [3.63, 3.8) is 0 Å². The van der Waals surface area contributed by atoms with Gasteiger partial charge in [-0.05, 0) is 23.6 Å². The van der Waals surface area contributed by atoms with E-state index in [1.807, 2.05) is 90.8 Å². The van der Waals surface area contributed by atoms with Gasteiger partial charge < -0.3 is 10.8 Å². The maximum atomic E-state index is 12.5. The van der Waals surface area contributed by atoms with Crippen molar-refractivity contribution < 1.29 is 9.90 Å². The van der Waals surface area contributed by atoms with Gasteiger partial charge in [-0.1, -0.05) is 91.0 Å². The minimum absolute atomic E-state index is 0.424. The van der Waals surface area contributed by atoms with E-state index in [4.69, 9.17) is 5.73 Å². The summed E-state index contributed by atoms with van der Waals surface area (Å²) in [6, 6.07) is 28.8. The molecule has 172 valence electrons. The van der Waals surface area contributed by atoms with Gasteiger partial charge in [-0.3, -0.25) is 9.91 Å². The normalized spacial score (nSPS) is 17.6. The molecule has 3 N–H and O–H groups in total. The highest BCUT2D eigenvalue weighted by molar-refractivity contribution is 5.71. The van der Waals surface area contributed by atoms with Crippen LogP contribution in [0.4, 0.5) is 4.79 Å². The number of amides is 2. The predicted octanol–water partition coefficient (Wildman–Crippen LogP) is 3.42. The molecule has 1 heterocycles. The average molecular weight is 445 g/mol. The number of carbonyl (C=O) groups excluding carboxylic acids is 1. The first kappa shape index (κ1) is 23.0. The number of hydrogen-bond donors (Lipinski definition) is 2. The molecule has 33 heavy (non-hydrogen) atoms. The zero-order chi connectivity index (χ0) is 23.3. The first-order valence-corrected chi connectivity index (χ1v) is 11.5. The number of benzene rings is 3. The Balaban J connectivity index is 1.78. The molecular weight excluding hydrogens is 412 g/mol. The van der Waals surface area contributed by atoms with Gasteiger partial charge in [0.15, 0.2) is 0 Å². The monoisotopic (exact) mass is 444 g/mol. The van der Waals surface area contributed by atoms with Gasteiger partial charge in [0.25, 0.3) is 0 Å². The van der Waals surface area contributed by atoms with Crippen LogP contribution in [0.1, 0.15) is 23.6 Å². The number of aliphatic hydroxyl groups is 1. The molecule has 0 saturated carbocycles. The van der Waals surface area contributed by atoms with Crippen LogP contribution in [0.3, 0.4) is 0 Å². The first-order valence-electron chi connectivity index (χ1n) is 11.5. The summed E-state index contributed by atoms with van der Waals surface area (Å²) in [6.07, 6.45) is 0. The number of urea groups is 1. The number of nitrogens with zero attached hydrogens (tertiary/aromatic N) is 3. The fourth-order valence-corrected chi connectivity index (χ4v) is 4.85. The van der Waals surface area contributed by atoms with Crippen molar-refractivity contribution in [2.45, 2.75) is 25.1 Å². The van der Waals surface area contributed by atoms with Crippen LogP contribution in [0.15, 0.2) is 91.0 Å². The molecule has 0 aliphatic carbocycles. The van der Waals surface area contributed by atoms with Crippen molar-refractivity contribution in [1.82, 2.24) is 14.9 Å². The van der Waals surface area contributed by atoms with Crippen molar-refractivity contribution in [2.24, 2.45) is 5.73 Å². The predicted molar refractivity (Wildman–Crippen MR) is 130 cm³/mol. The molecule has 1 saturated heterocycles. The lowest BCUT2D eigenvalue weighted by Gasteiger charge is -2.51. The molecule has 1 atom stereocenters. The average Bonchev–Trinajstić information content (AvgIpc) is 2.86. The van der Waals surface area contributed by atoms with Crippen molar-refractivity contribution >= 4 is 6.03 Å². The van der Waals surface area contributed by atoms with Crippen LogP contribution in [0.2, 0.25) is 0 Å². The van der Waals surface area contributed by atoms with E-state index in [1.165, 1.54) is 5.56 Å². The Labute approximate surface area is 195 Å². The standard InChI is InChI=1S/C27H32N4O2/c1-2-30(26(28)32)31-19-18-29(20-22-12-6-3-7-13-22)21-25(31)27(33,23-14-8-4-9-15-23)24-16-10-5-11-17-24/h3-17,25,33H,2,18-21H2,1H3,(H2,28,32). The van der Waals surface area contributed by atoms with Crippen molar-refractivity contribution in [3.05, 3.63) is 108 Å². The number of primary amides is 1. The first-order chi connectivity index (χ1) is 16.0. The molecule has 3 aromatic rings. The van der Waals surface area contributed by atoms with E-state index in [0.29, 0.717) is 19.6 Å². The third-order valence-corrected chi connectivity index (χ3v) is 6.46. The van der Waals surface area contributed by atoms with Crippen LogP contribution >= 0.6 is 0 Å². The SMILES string of the molecule is CCN(C(N)=O)N1CCN(Cc2ccccc2)CC1C(O)(c1ccccc1)c1ccccc1. The van der Waals surface area contributed by atoms with Crippen LogP contribution in [-0.4, -0.2) is 58.3 Å². The Bertz CT molecular complexity index is 990. The van der Waals surface area contributed by atoms with Crippen LogP contribution in [-0.2, 0) is 12.1 Å². The van der Waals surface area contributed by atoms with E-state index in [-0.39, 0.29) is 0 Å². The molecule has 0 aromatic heterocycles. The largest absolute Gasteiger partial charge is 0.379 e. The summed E-state index contributed by atoms with van der Waals surface area (Å²) < 4.78 is 0. The Morgan fingerprint density at radius 1 is 0.939 bits per heavy atom. The Morgan fingerprint density at radius 2 is 1.45 bits per heavy atom. The molecule has 0 spiro atoms. The number of carbonyl (C=O) groups is 1. The molecule has 1 unspecified atom stereocenters. The molecule has 2 amide bonds. The molecule has 3 aromatic carbocycles. The maximum Gasteiger partial charge on any atom is 0.329 e. The third kappa shape index (κ3) is 4.78. The summed E-state index contributed by atoms with van der Waals surface area (Å²) in [5.41, 5.74) is 7.21. The van der Waals surface area contributed by atoms with Crippen LogP contribution < -0.4 is 5.73 Å². The molecule has 1 aliphatic rings. The smallest absolute Gasteiger partial charge is 0.329 e. The Morgan fingerprint density at radius 3 is 1.94 bits per heavy atom. The Hall–Kier alpha value is -3.19. The highest BCUT2D eigenvalue weighted by Gasteiger charge is 2.48. The van der Waals surface area contributed by atoms with Gasteiger partial charge in [-0.25, -0.2) is 9.80 Å². The zero-order valence-corrected chi connectivity index (χ0v) is 19.0. The molecule has 4 rings (SSSR count). The quantitative estimate of drug-likeness (QED) is 0.586. The summed E-state index contributed by atoms with van der Waals surface area (Å²) in [6.45, 7) is 5.02. The number of nitrogens with two attached hydrogens (primary N) is 1. The van der Waals surface area contributed by atoms with Gasteiger partial charge in [-0.2, -0.15) is 0 Å². The molecule has 1 fully saturated rings. The second-order valence-electron chi connectivity index (χ2n) is 8.45. The van der Waals surface area contributed by atoms with E-state index in [0.717, 1.165) is 24.2 Å². The molecule has 6 nitrogen and oxygen atoms in total. The van der Waals surface area contributed by atoms with E-state index >= 15 is 0 Å². The molecule has 0 bridgehead atoms. The molecule has 0 radical (unpaired) electrons. The molecule has 1 aliphatic heterocycles. The van der Waals surface area contributed by atoms with E-state index in [9.17, 15) is 9.90 Å². The van der Waals surface area contributed by atoms with E-state index in [2.05, 4.69) is 17.0 Å². The van der Waals surface area contributed by atoms with Crippen molar-refractivity contribution in [1.29, 1.82) is 0 Å². The van der Waals surface area contributed by atoms with Gasteiger partial charge in [-0.15, -0.1) is 0 Å².